The Kier molecular flexibility index (Phi) is 3.91. The quantitative estimate of drug-likeness (QED) is 0.556. The van der Waals surface area contributed by atoms with Crippen molar-refractivity contribution in [2.45, 2.75) is 18.6 Å². The number of carbonyl (C=O) groups is 1. The highest BCUT2D eigenvalue weighted by Gasteiger charge is 2.29. The molecule has 1 aromatic carbocycles. The molecular formula is C11H11F2N3O4. The van der Waals surface area contributed by atoms with Crippen molar-refractivity contribution in [2.24, 2.45) is 0 Å². The lowest BCUT2D eigenvalue weighted by Gasteiger charge is -2.11. The van der Waals surface area contributed by atoms with Crippen molar-refractivity contribution in [2.75, 3.05) is 11.9 Å². The van der Waals surface area contributed by atoms with E-state index < -0.39 is 46.0 Å². The van der Waals surface area contributed by atoms with Gasteiger partial charge in [-0.2, -0.15) is 4.39 Å². The van der Waals surface area contributed by atoms with E-state index in [0.29, 0.717) is 12.1 Å². The first kappa shape index (κ1) is 14.3. The molecule has 1 aliphatic rings. The molecule has 9 heteroatoms. The number of nitro benzene ring substituents is 1. The number of rotatable bonds is 3. The van der Waals surface area contributed by atoms with Crippen LogP contribution in [0.25, 0.3) is 0 Å². The first-order valence-corrected chi connectivity index (χ1v) is 5.74. The Morgan fingerprint density at radius 1 is 1.45 bits per heavy atom. The molecular weight excluding hydrogens is 276 g/mol. The van der Waals surface area contributed by atoms with E-state index in [2.05, 4.69) is 10.6 Å². The Morgan fingerprint density at radius 3 is 2.70 bits per heavy atom. The van der Waals surface area contributed by atoms with E-state index in [-0.39, 0.29) is 13.0 Å². The SMILES string of the molecule is O=C(Nc1cc([N+](=O)[O-])c(F)cc1F)C1CC(O)CN1. The molecule has 1 heterocycles. The standard InChI is InChI=1S/C11H11F2N3O4/c12-6-2-7(13)10(16(19)20)3-8(6)15-11(18)9-1-5(17)4-14-9/h2-3,5,9,14,17H,1,4H2,(H,15,18). The summed E-state index contributed by atoms with van der Waals surface area (Å²) >= 11 is 0. The average molecular weight is 287 g/mol. The van der Waals surface area contributed by atoms with Gasteiger partial charge in [0.1, 0.15) is 5.82 Å². The zero-order valence-electron chi connectivity index (χ0n) is 10.1. The molecule has 2 atom stereocenters. The van der Waals surface area contributed by atoms with Crippen LogP contribution in [-0.4, -0.2) is 34.6 Å². The molecule has 1 aromatic rings. The molecule has 1 amide bonds. The molecule has 0 aliphatic carbocycles. The smallest absolute Gasteiger partial charge is 0.307 e. The fourth-order valence-electron chi connectivity index (χ4n) is 1.91. The summed E-state index contributed by atoms with van der Waals surface area (Å²) in [5, 5.41) is 24.7. The lowest BCUT2D eigenvalue weighted by Crippen LogP contribution is -2.35. The summed E-state index contributed by atoms with van der Waals surface area (Å²) in [5.41, 5.74) is -1.41. The summed E-state index contributed by atoms with van der Waals surface area (Å²) in [5.74, 6) is -3.08. The highest BCUT2D eigenvalue weighted by molar-refractivity contribution is 5.95. The van der Waals surface area contributed by atoms with Gasteiger partial charge in [-0.25, -0.2) is 4.39 Å². The van der Waals surface area contributed by atoms with Crippen LogP contribution < -0.4 is 10.6 Å². The second kappa shape index (κ2) is 5.47. The zero-order chi connectivity index (χ0) is 14.9. The topological polar surface area (TPSA) is 104 Å². The van der Waals surface area contributed by atoms with E-state index in [1.807, 2.05) is 0 Å². The molecule has 0 saturated carbocycles. The predicted molar refractivity (Wildman–Crippen MR) is 64.1 cm³/mol. The number of halogens is 2. The molecule has 0 bridgehead atoms. The van der Waals surface area contributed by atoms with Crippen molar-refractivity contribution in [3.8, 4) is 0 Å². The van der Waals surface area contributed by atoms with Crippen molar-refractivity contribution in [1.82, 2.24) is 5.32 Å². The summed E-state index contributed by atoms with van der Waals surface area (Å²) < 4.78 is 26.6. The minimum Gasteiger partial charge on any atom is -0.392 e. The average Bonchev–Trinajstić information content (AvgIpc) is 2.79. The molecule has 0 aromatic heterocycles. The maximum Gasteiger partial charge on any atom is 0.307 e. The van der Waals surface area contributed by atoms with Crippen LogP contribution in [0.1, 0.15) is 6.42 Å². The van der Waals surface area contributed by atoms with Crippen molar-refractivity contribution < 1.29 is 23.6 Å². The number of amides is 1. The van der Waals surface area contributed by atoms with E-state index in [9.17, 15) is 28.8 Å². The van der Waals surface area contributed by atoms with Crippen molar-refractivity contribution in [3.05, 3.63) is 33.9 Å². The molecule has 7 nitrogen and oxygen atoms in total. The first-order chi connectivity index (χ1) is 9.38. The van der Waals surface area contributed by atoms with Crippen LogP contribution in [0.15, 0.2) is 12.1 Å². The van der Waals surface area contributed by atoms with E-state index >= 15 is 0 Å². The number of anilines is 1. The number of hydrogen-bond donors (Lipinski definition) is 3. The van der Waals surface area contributed by atoms with E-state index in [1.54, 1.807) is 0 Å². The first-order valence-electron chi connectivity index (χ1n) is 5.74. The number of β-amino-alcohol motifs (C(OH)–C–C–N with tert-alkyl or cyclic N) is 1. The van der Waals surface area contributed by atoms with Crippen LogP contribution in [0.4, 0.5) is 20.2 Å². The third kappa shape index (κ3) is 2.89. The lowest BCUT2D eigenvalue weighted by atomic mass is 10.2. The van der Waals surface area contributed by atoms with Gasteiger partial charge in [0.05, 0.1) is 22.8 Å². The Morgan fingerprint density at radius 2 is 2.15 bits per heavy atom. The van der Waals surface area contributed by atoms with Crippen LogP contribution >= 0.6 is 0 Å². The third-order valence-electron chi connectivity index (χ3n) is 2.92. The minimum absolute atomic E-state index is 0.150. The number of benzene rings is 1. The normalized spacial score (nSPS) is 21.8. The minimum atomic E-state index is -1.32. The van der Waals surface area contributed by atoms with Gasteiger partial charge in [0.15, 0.2) is 0 Å². The zero-order valence-corrected chi connectivity index (χ0v) is 10.1. The van der Waals surface area contributed by atoms with Gasteiger partial charge in [-0.15, -0.1) is 0 Å². The second-order valence-electron chi connectivity index (χ2n) is 4.38. The van der Waals surface area contributed by atoms with Crippen LogP contribution in [0.2, 0.25) is 0 Å². The summed E-state index contributed by atoms with van der Waals surface area (Å²) in [7, 11) is 0. The van der Waals surface area contributed by atoms with Gasteiger partial charge >= 0.3 is 5.69 Å². The summed E-state index contributed by atoms with van der Waals surface area (Å²) in [4.78, 5) is 21.3. The summed E-state index contributed by atoms with van der Waals surface area (Å²) in [6.07, 6.45) is -0.533. The number of nitro groups is 1. The lowest BCUT2D eigenvalue weighted by molar-refractivity contribution is -0.387. The number of hydrogen-bond acceptors (Lipinski definition) is 5. The van der Waals surface area contributed by atoms with Gasteiger partial charge in [0, 0.05) is 18.7 Å². The van der Waals surface area contributed by atoms with Gasteiger partial charge in [-0.3, -0.25) is 14.9 Å². The Labute approximate surface area is 111 Å². The fourth-order valence-corrected chi connectivity index (χ4v) is 1.91. The number of carbonyl (C=O) groups excluding carboxylic acids is 1. The molecule has 20 heavy (non-hydrogen) atoms. The van der Waals surface area contributed by atoms with Crippen LogP contribution in [0.3, 0.4) is 0 Å². The van der Waals surface area contributed by atoms with Gasteiger partial charge in [0.25, 0.3) is 0 Å². The monoisotopic (exact) mass is 287 g/mol. The van der Waals surface area contributed by atoms with E-state index in [4.69, 9.17) is 0 Å². The molecule has 1 saturated heterocycles. The summed E-state index contributed by atoms with van der Waals surface area (Å²) in [6.45, 7) is 0.226. The summed E-state index contributed by atoms with van der Waals surface area (Å²) in [6, 6.07) is 0.229. The molecule has 0 radical (unpaired) electrons. The Hall–Kier alpha value is -2.13. The second-order valence-corrected chi connectivity index (χ2v) is 4.38. The number of nitrogens with one attached hydrogen (secondary N) is 2. The van der Waals surface area contributed by atoms with Gasteiger partial charge < -0.3 is 15.7 Å². The van der Waals surface area contributed by atoms with Crippen molar-refractivity contribution in [3.63, 3.8) is 0 Å². The molecule has 2 rings (SSSR count). The highest BCUT2D eigenvalue weighted by Crippen LogP contribution is 2.25. The molecule has 108 valence electrons. The number of nitrogens with zero attached hydrogens (tertiary/aromatic N) is 1. The highest BCUT2D eigenvalue weighted by atomic mass is 19.1. The fraction of sp³-hybridized carbons (Fsp3) is 0.364. The van der Waals surface area contributed by atoms with Gasteiger partial charge in [-0.05, 0) is 6.42 Å². The van der Waals surface area contributed by atoms with Crippen molar-refractivity contribution in [1.29, 1.82) is 0 Å². The number of aliphatic hydroxyl groups is 1. The third-order valence-corrected chi connectivity index (χ3v) is 2.92. The Bertz CT molecular complexity index is 567. The van der Waals surface area contributed by atoms with Crippen LogP contribution in [0.5, 0.6) is 0 Å². The largest absolute Gasteiger partial charge is 0.392 e. The van der Waals surface area contributed by atoms with Crippen molar-refractivity contribution >= 4 is 17.3 Å². The molecule has 0 spiro atoms. The van der Waals surface area contributed by atoms with Gasteiger partial charge in [0.2, 0.25) is 11.7 Å². The van der Waals surface area contributed by atoms with E-state index in [0.717, 1.165) is 0 Å². The predicted octanol–water partition coefficient (Wildman–Crippen LogP) is 0.534. The molecule has 3 N–H and O–H groups in total. The van der Waals surface area contributed by atoms with Crippen LogP contribution in [0, 0.1) is 21.7 Å². The molecule has 2 unspecified atom stereocenters. The molecule has 1 aliphatic heterocycles. The van der Waals surface area contributed by atoms with E-state index in [1.165, 1.54) is 0 Å². The maximum atomic E-state index is 13.5. The number of aliphatic hydroxyl groups excluding tert-OH is 1. The van der Waals surface area contributed by atoms with Gasteiger partial charge in [-0.1, -0.05) is 0 Å². The molecule has 1 fully saturated rings. The Balaban J connectivity index is 2.18. The maximum absolute atomic E-state index is 13.5. The van der Waals surface area contributed by atoms with Crippen LogP contribution in [-0.2, 0) is 4.79 Å².